The number of aliphatic hydroxyl groups excluding tert-OH is 1. The van der Waals surface area contributed by atoms with Crippen molar-refractivity contribution in [3.8, 4) is 0 Å². The lowest BCUT2D eigenvalue weighted by Crippen LogP contribution is -2.53. The molecule has 2 rings (SSSR count). The number of hydrogen-bond donors (Lipinski definition) is 1. The summed E-state index contributed by atoms with van der Waals surface area (Å²) in [7, 11) is 1.85. The molecule has 0 bridgehead atoms. The van der Waals surface area contributed by atoms with Crippen LogP contribution in [0.1, 0.15) is 52.0 Å². The van der Waals surface area contributed by atoms with Crippen molar-refractivity contribution in [2.75, 3.05) is 14.2 Å². The Morgan fingerprint density at radius 2 is 1.79 bits per heavy atom. The highest BCUT2D eigenvalue weighted by Gasteiger charge is 2.64. The Balaban J connectivity index is 2.30. The van der Waals surface area contributed by atoms with Gasteiger partial charge in [-0.1, -0.05) is 51.1 Å². The lowest BCUT2D eigenvalue weighted by molar-refractivity contribution is -0.278. The molecule has 1 aliphatic rings. The van der Waals surface area contributed by atoms with Crippen molar-refractivity contribution in [3.63, 3.8) is 0 Å². The largest absolute Gasteiger partial charge is 0.466 e. The monoisotopic (exact) mass is 474 g/mol. The van der Waals surface area contributed by atoms with Crippen LogP contribution in [0.4, 0.5) is 13.2 Å². The molecule has 1 aliphatic carbocycles. The van der Waals surface area contributed by atoms with Crippen LogP contribution in [-0.2, 0) is 29.4 Å². The average molecular weight is 475 g/mol. The van der Waals surface area contributed by atoms with E-state index in [9.17, 15) is 27.9 Å². The van der Waals surface area contributed by atoms with Crippen molar-refractivity contribution in [2.24, 2.45) is 17.3 Å². The van der Waals surface area contributed by atoms with E-state index >= 15 is 0 Å². The SMILES string of the molecule is COC(=O)[C@@H](CC[C@H]1[C@H](C)C[C@@H](O)CC1(C)C)OC(=O)[C@](OC)(c1ccccc1)C(F)(F)F. The number of hydrogen-bond acceptors (Lipinski definition) is 6. The van der Waals surface area contributed by atoms with Gasteiger partial charge in [0.15, 0.2) is 6.10 Å². The number of halogens is 3. The number of rotatable bonds is 8. The zero-order chi connectivity index (χ0) is 25.0. The number of benzene rings is 1. The topological polar surface area (TPSA) is 82.1 Å². The third kappa shape index (κ3) is 5.69. The molecule has 5 atom stereocenters. The number of carbonyl (C=O) groups excluding carboxylic acids is 2. The molecule has 0 amide bonds. The number of esters is 2. The molecular weight excluding hydrogens is 441 g/mol. The average Bonchev–Trinajstić information content (AvgIpc) is 2.71. The van der Waals surface area contributed by atoms with Gasteiger partial charge in [-0.3, -0.25) is 0 Å². The van der Waals surface area contributed by atoms with Crippen molar-refractivity contribution in [1.82, 2.24) is 0 Å². The molecule has 0 aromatic heterocycles. The second-order valence-electron chi connectivity index (χ2n) is 9.41. The zero-order valence-corrected chi connectivity index (χ0v) is 19.6. The first-order valence-electron chi connectivity index (χ1n) is 10.9. The van der Waals surface area contributed by atoms with Gasteiger partial charge < -0.3 is 19.3 Å². The van der Waals surface area contributed by atoms with Crippen LogP contribution in [0.15, 0.2) is 30.3 Å². The van der Waals surface area contributed by atoms with Crippen molar-refractivity contribution in [2.45, 2.75) is 70.4 Å². The molecule has 0 spiro atoms. The molecule has 0 unspecified atom stereocenters. The summed E-state index contributed by atoms with van der Waals surface area (Å²) in [5, 5.41) is 10.1. The minimum Gasteiger partial charge on any atom is -0.466 e. The molecule has 1 aromatic rings. The van der Waals surface area contributed by atoms with Crippen LogP contribution < -0.4 is 0 Å². The Morgan fingerprint density at radius 3 is 2.27 bits per heavy atom. The first-order chi connectivity index (χ1) is 15.3. The third-order valence-corrected chi connectivity index (χ3v) is 6.72. The summed E-state index contributed by atoms with van der Waals surface area (Å²) in [4.78, 5) is 25.3. The van der Waals surface area contributed by atoms with E-state index in [1.165, 1.54) is 18.2 Å². The summed E-state index contributed by atoms with van der Waals surface area (Å²) in [6.45, 7) is 6.00. The fourth-order valence-corrected chi connectivity index (χ4v) is 5.17. The molecule has 0 saturated heterocycles. The lowest BCUT2D eigenvalue weighted by Gasteiger charge is -2.45. The molecule has 1 saturated carbocycles. The summed E-state index contributed by atoms with van der Waals surface area (Å²) in [5.74, 6) is -2.48. The highest BCUT2D eigenvalue weighted by Crippen LogP contribution is 2.47. The highest BCUT2D eigenvalue weighted by atomic mass is 19.4. The molecule has 33 heavy (non-hydrogen) atoms. The minimum atomic E-state index is -5.14. The number of alkyl halides is 3. The Bertz CT molecular complexity index is 810. The van der Waals surface area contributed by atoms with E-state index in [4.69, 9.17) is 14.2 Å². The van der Waals surface area contributed by atoms with Crippen molar-refractivity contribution < 1.29 is 42.1 Å². The predicted octanol–water partition coefficient (Wildman–Crippen LogP) is 4.39. The number of carbonyl (C=O) groups is 2. The maximum Gasteiger partial charge on any atom is 0.432 e. The normalized spacial score (nSPS) is 25.5. The summed E-state index contributed by atoms with van der Waals surface area (Å²) in [6.07, 6.45) is -5.55. The molecule has 186 valence electrons. The smallest absolute Gasteiger partial charge is 0.432 e. The van der Waals surface area contributed by atoms with Gasteiger partial charge in [0.25, 0.3) is 5.60 Å². The van der Waals surface area contributed by atoms with Crippen molar-refractivity contribution in [1.29, 1.82) is 0 Å². The van der Waals surface area contributed by atoms with E-state index < -0.39 is 41.5 Å². The highest BCUT2D eigenvalue weighted by molar-refractivity contribution is 5.86. The second-order valence-corrected chi connectivity index (χ2v) is 9.41. The van der Waals surface area contributed by atoms with Gasteiger partial charge in [-0.25, -0.2) is 9.59 Å². The fraction of sp³-hybridized carbons (Fsp3) is 0.667. The van der Waals surface area contributed by atoms with Crippen LogP contribution in [0.3, 0.4) is 0 Å². The molecular formula is C24H33F3O6. The first kappa shape index (κ1) is 27.1. The lowest BCUT2D eigenvalue weighted by atomic mass is 9.61. The molecule has 1 N–H and O–H groups in total. The summed E-state index contributed by atoms with van der Waals surface area (Å²) in [6, 6.07) is 6.43. The molecule has 9 heteroatoms. The van der Waals surface area contributed by atoms with E-state index in [0.29, 0.717) is 19.3 Å². The van der Waals surface area contributed by atoms with Crippen LogP contribution in [0.2, 0.25) is 0 Å². The standard InChI is InChI=1S/C24H33F3O6/c1-15-13-17(28)14-22(2,3)18(15)11-12-19(20(29)31-4)33-21(30)23(32-5,24(25,26)27)16-9-7-6-8-10-16/h6-10,15,17-19,28H,11-14H2,1-5H3/t15-,17-,18+,19-,23-/m1/s1. The minimum absolute atomic E-state index is 0.0145. The van der Waals surface area contributed by atoms with Gasteiger partial charge in [-0.05, 0) is 42.9 Å². The van der Waals surface area contributed by atoms with E-state index in [0.717, 1.165) is 26.4 Å². The second kappa shape index (κ2) is 10.4. The van der Waals surface area contributed by atoms with E-state index in [-0.39, 0.29) is 23.7 Å². The summed E-state index contributed by atoms with van der Waals surface area (Å²) >= 11 is 0. The third-order valence-electron chi connectivity index (χ3n) is 6.72. The quantitative estimate of drug-likeness (QED) is 0.563. The Kier molecular flexibility index (Phi) is 8.57. The number of ether oxygens (including phenoxy) is 3. The van der Waals surface area contributed by atoms with Gasteiger partial charge in [0.05, 0.1) is 13.2 Å². The van der Waals surface area contributed by atoms with Gasteiger partial charge in [-0.15, -0.1) is 0 Å². The Morgan fingerprint density at radius 1 is 1.18 bits per heavy atom. The van der Waals surface area contributed by atoms with Gasteiger partial charge in [0, 0.05) is 12.7 Å². The molecule has 1 fully saturated rings. The number of aliphatic hydroxyl groups is 1. The van der Waals surface area contributed by atoms with Crippen LogP contribution in [0.5, 0.6) is 0 Å². The van der Waals surface area contributed by atoms with Crippen LogP contribution in [0.25, 0.3) is 0 Å². The van der Waals surface area contributed by atoms with Crippen LogP contribution >= 0.6 is 0 Å². The Labute approximate surface area is 192 Å². The molecule has 0 heterocycles. The zero-order valence-electron chi connectivity index (χ0n) is 19.6. The van der Waals surface area contributed by atoms with Crippen molar-refractivity contribution in [3.05, 3.63) is 35.9 Å². The van der Waals surface area contributed by atoms with Gasteiger partial charge in [0.1, 0.15) is 0 Å². The van der Waals surface area contributed by atoms with E-state index in [1.807, 2.05) is 20.8 Å². The first-order valence-corrected chi connectivity index (χ1v) is 10.9. The molecule has 1 aromatic carbocycles. The van der Waals surface area contributed by atoms with Gasteiger partial charge in [-0.2, -0.15) is 13.2 Å². The molecule has 0 radical (unpaired) electrons. The summed E-state index contributed by atoms with van der Waals surface area (Å²) < 4.78 is 57.0. The van der Waals surface area contributed by atoms with E-state index in [2.05, 4.69) is 0 Å². The summed E-state index contributed by atoms with van der Waals surface area (Å²) in [5.41, 5.74) is -4.10. The fourth-order valence-electron chi connectivity index (χ4n) is 5.17. The molecule has 6 nitrogen and oxygen atoms in total. The van der Waals surface area contributed by atoms with Crippen molar-refractivity contribution >= 4 is 11.9 Å². The predicted molar refractivity (Wildman–Crippen MR) is 114 cm³/mol. The maximum absolute atomic E-state index is 14.1. The van der Waals surface area contributed by atoms with Crippen LogP contribution in [-0.4, -0.2) is 49.6 Å². The maximum atomic E-state index is 14.1. The number of methoxy groups -OCH3 is 2. The molecule has 0 aliphatic heterocycles. The van der Waals surface area contributed by atoms with Crippen LogP contribution in [0, 0.1) is 17.3 Å². The van der Waals surface area contributed by atoms with E-state index in [1.54, 1.807) is 0 Å². The van der Waals surface area contributed by atoms with Gasteiger partial charge >= 0.3 is 18.1 Å². The van der Waals surface area contributed by atoms with Gasteiger partial charge in [0.2, 0.25) is 0 Å². The Hall–Kier alpha value is -2.13.